The number of aliphatic hydroxyl groups excluding tert-OH is 1. The van der Waals surface area contributed by atoms with Crippen LogP contribution < -0.4 is 4.74 Å². The Kier molecular flexibility index (Phi) is 4.19. The minimum Gasteiger partial charge on any atom is -0.465 e. The van der Waals surface area contributed by atoms with Gasteiger partial charge in [0.1, 0.15) is 5.76 Å². The van der Waals surface area contributed by atoms with Gasteiger partial charge < -0.3 is 19.3 Å². The van der Waals surface area contributed by atoms with E-state index in [-0.39, 0.29) is 25.2 Å². The molecule has 2 rings (SSSR count). The highest BCUT2D eigenvalue weighted by Gasteiger charge is 2.26. The van der Waals surface area contributed by atoms with E-state index in [4.69, 9.17) is 9.26 Å². The summed E-state index contributed by atoms with van der Waals surface area (Å²) in [7, 11) is 0. The molecule has 6 nitrogen and oxygen atoms in total. The molecule has 1 aromatic rings. The smallest absolute Gasteiger partial charge is 0.260 e. The molecule has 6 heteroatoms. The quantitative estimate of drug-likeness (QED) is 0.857. The third-order valence-electron chi connectivity index (χ3n) is 3.11. The second kappa shape index (κ2) is 5.86. The molecule has 1 saturated heterocycles. The van der Waals surface area contributed by atoms with Crippen molar-refractivity contribution in [1.82, 2.24) is 10.1 Å². The van der Waals surface area contributed by atoms with Gasteiger partial charge in [-0.05, 0) is 31.3 Å². The van der Waals surface area contributed by atoms with E-state index in [0.29, 0.717) is 18.2 Å². The Bertz CT molecular complexity index is 405. The number of rotatable bonds is 4. The van der Waals surface area contributed by atoms with Crippen molar-refractivity contribution in [2.45, 2.75) is 32.2 Å². The van der Waals surface area contributed by atoms with E-state index in [1.54, 1.807) is 17.9 Å². The number of hydrogen-bond donors (Lipinski definition) is 1. The maximum atomic E-state index is 12.0. The predicted octanol–water partition coefficient (Wildman–Crippen LogP) is 0.735. The van der Waals surface area contributed by atoms with E-state index in [9.17, 15) is 9.90 Å². The van der Waals surface area contributed by atoms with Crippen molar-refractivity contribution in [3.63, 3.8) is 0 Å². The number of amides is 1. The van der Waals surface area contributed by atoms with Crippen molar-refractivity contribution in [3.05, 3.63) is 11.8 Å². The molecular weight excluding hydrogens is 236 g/mol. The second-order valence-electron chi connectivity index (χ2n) is 4.48. The Morgan fingerprint density at radius 2 is 2.50 bits per heavy atom. The summed E-state index contributed by atoms with van der Waals surface area (Å²) >= 11 is 0. The first-order valence-corrected chi connectivity index (χ1v) is 6.17. The molecule has 2 heterocycles. The molecule has 1 N–H and O–H groups in total. The lowest BCUT2D eigenvalue weighted by atomic mass is 10.0. The summed E-state index contributed by atoms with van der Waals surface area (Å²) in [5, 5.41) is 12.9. The fourth-order valence-corrected chi connectivity index (χ4v) is 2.15. The van der Waals surface area contributed by atoms with Gasteiger partial charge in [-0.1, -0.05) is 0 Å². The fraction of sp³-hybridized carbons (Fsp3) is 0.667. The molecule has 1 aliphatic rings. The zero-order chi connectivity index (χ0) is 13.0. The summed E-state index contributed by atoms with van der Waals surface area (Å²) in [5.74, 6) is 0.844. The monoisotopic (exact) mass is 254 g/mol. The molecule has 0 aliphatic carbocycles. The van der Waals surface area contributed by atoms with Crippen LogP contribution in [-0.2, 0) is 4.79 Å². The Balaban J connectivity index is 1.86. The second-order valence-corrected chi connectivity index (χ2v) is 4.48. The average molecular weight is 254 g/mol. The lowest BCUT2D eigenvalue weighted by Gasteiger charge is -2.34. The summed E-state index contributed by atoms with van der Waals surface area (Å²) in [5.41, 5.74) is 0. The van der Waals surface area contributed by atoms with Crippen molar-refractivity contribution in [1.29, 1.82) is 0 Å². The van der Waals surface area contributed by atoms with Gasteiger partial charge in [0, 0.05) is 12.6 Å². The molecule has 0 saturated carbocycles. The molecule has 1 fully saturated rings. The van der Waals surface area contributed by atoms with Crippen LogP contribution in [0.5, 0.6) is 5.88 Å². The third-order valence-corrected chi connectivity index (χ3v) is 3.11. The van der Waals surface area contributed by atoms with Gasteiger partial charge in [-0.25, -0.2) is 0 Å². The first-order valence-electron chi connectivity index (χ1n) is 6.17. The molecule has 100 valence electrons. The third kappa shape index (κ3) is 3.01. The van der Waals surface area contributed by atoms with Gasteiger partial charge in [0.05, 0.1) is 12.6 Å². The number of piperidine rings is 1. The van der Waals surface area contributed by atoms with Crippen LogP contribution in [0.25, 0.3) is 0 Å². The van der Waals surface area contributed by atoms with Crippen LogP contribution in [0.2, 0.25) is 0 Å². The van der Waals surface area contributed by atoms with Gasteiger partial charge in [0.25, 0.3) is 11.8 Å². The molecule has 1 aliphatic heterocycles. The highest BCUT2D eigenvalue weighted by Crippen LogP contribution is 2.17. The van der Waals surface area contributed by atoms with E-state index in [1.807, 2.05) is 0 Å². The number of aryl methyl sites for hydroxylation is 1. The first kappa shape index (κ1) is 12.9. The molecule has 0 spiro atoms. The van der Waals surface area contributed by atoms with Crippen LogP contribution in [0.4, 0.5) is 0 Å². The van der Waals surface area contributed by atoms with Gasteiger partial charge >= 0.3 is 0 Å². The lowest BCUT2D eigenvalue weighted by molar-refractivity contribution is -0.138. The summed E-state index contributed by atoms with van der Waals surface area (Å²) < 4.78 is 10.1. The zero-order valence-electron chi connectivity index (χ0n) is 10.5. The van der Waals surface area contributed by atoms with Crippen LogP contribution >= 0.6 is 0 Å². The number of ether oxygens (including phenoxy) is 1. The highest BCUT2D eigenvalue weighted by atomic mass is 16.5. The molecule has 1 unspecified atom stereocenters. The molecular formula is C12H18N2O4. The van der Waals surface area contributed by atoms with Crippen molar-refractivity contribution in [2.24, 2.45) is 0 Å². The SMILES string of the molecule is Cc1cc(OCC(=O)N2CCCCC2CO)no1. The molecule has 0 bridgehead atoms. The van der Waals surface area contributed by atoms with Crippen molar-refractivity contribution < 1.29 is 19.2 Å². The van der Waals surface area contributed by atoms with Crippen LogP contribution in [-0.4, -0.2) is 46.9 Å². The van der Waals surface area contributed by atoms with E-state index in [1.165, 1.54) is 0 Å². The van der Waals surface area contributed by atoms with E-state index >= 15 is 0 Å². The maximum absolute atomic E-state index is 12.0. The Morgan fingerprint density at radius 1 is 1.67 bits per heavy atom. The Labute approximate surface area is 106 Å². The molecule has 1 aromatic heterocycles. The van der Waals surface area contributed by atoms with Crippen LogP contribution in [0.3, 0.4) is 0 Å². The maximum Gasteiger partial charge on any atom is 0.260 e. The van der Waals surface area contributed by atoms with Gasteiger partial charge in [0.15, 0.2) is 6.61 Å². The Hall–Kier alpha value is -1.56. The minimum atomic E-state index is -0.116. The number of aliphatic hydroxyl groups is 1. The van der Waals surface area contributed by atoms with Crippen molar-refractivity contribution in [2.75, 3.05) is 19.8 Å². The van der Waals surface area contributed by atoms with Crippen LogP contribution in [0, 0.1) is 6.92 Å². The number of aromatic nitrogens is 1. The number of carbonyl (C=O) groups excluding carboxylic acids is 1. The van der Waals surface area contributed by atoms with E-state index in [2.05, 4.69) is 5.16 Å². The zero-order valence-corrected chi connectivity index (χ0v) is 10.5. The molecule has 18 heavy (non-hydrogen) atoms. The highest BCUT2D eigenvalue weighted by molar-refractivity contribution is 5.78. The standard InChI is InChI=1S/C12H18N2O4/c1-9-6-11(13-18-9)17-8-12(16)14-5-3-2-4-10(14)7-15/h6,10,15H,2-5,7-8H2,1H3. The molecule has 0 radical (unpaired) electrons. The average Bonchev–Trinajstić information content (AvgIpc) is 2.81. The topological polar surface area (TPSA) is 75.8 Å². The molecule has 1 amide bonds. The number of hydrogen-bond acceptors (Lipinski definition) is 5. The Morgan fingerprint density at radius 3 is 3.17 bits per heavy atom. The normalized spacial score (nSPS) is 19.9. The van der Waals surface area contributed by atoms with Crippen LogP contribution in [0.1, 0.15) is 25.0 Å². The van der Waals surface area contributed by atoms with Gasteiger partial charge in [-0.3, -0.25) is 4.79 Å². The fourth-order valence-electron chi connectivity index (χ4n) is 2.15. The van der Waals surface area contributed by atoms with Crippen LogP contribution in [0.15, 0.2) is 10.6 Å². The largest absolute Gasteiger partial charge is 0.465 e. The number of carbonyl (C=O) groups is 1. The summed E-state index contributed by atoms with van der Waals surface area (Å²) in [6, 6.07) is 1.56. The van der Waals surface area contributed by atoms with Gasteiger partial charge in [-0.2, -0.15) is 0 Å². The minimum absolute atomic E-state index is 0.00874. The first-order chi connectivity index (χ1) is 8.70. The van der Waals surface area contributed by atoms with Crippen molar-refractivity contribution in [3.8, 4) is 5.88 Å². The predicted molar refractivity (Wildman–Crippen MR) is 63.2 cm³/mol. The van der Waals surface area contributed by atoms with E-state index in [0.717, 1.165) is 19.3 Å². The summed E-state index contributed by atoms with van der Waals surface area (Å²) in [6.45, 7) is 2.39. The number of likely N-dealkylation sites (tertiary alicyclic amines) is 1. The molecule has 0 aromatic carbocycles. The lowest BCUT2D eigenvalue weighted by Crippen LogP contribution is -2.47. The molecule has 1 atom stereocenters. The van der Waals surface area contributed by atoms with Gasteiger partial charge in [-0.15, -0.1) is 0 Å². The number of nitrogens with zero attached hydrogens (tertiary/aromatic N) is 2. The summed E-state index contributed by atoms with van der Waals surface area (Å²) in [4.78, 5) is 13.7. The van der Waals surface area contributed by atoms with Gasteiger partial charge in [0.2, 0.25) is 0 Å². The van der Waals surface area contributed by atoms with Crippen molar-refractivity contribution >= 4 is 5.91 Å². The van der Waals surface area contributed by atoms with E-state index < -0.39 is 0 Å². The summed E-state index contributed by atoms with van der Waals surface area (Å²) in [6.07, 6.45) is 2.88.